The van der Waals surface area contributed by atoms with Crippen LogP contribution in [0.3, 0.4) is 0 Å². The van der Waals surface area contributed by atoms with E-state index < -0.39 is 37.5 Å². The summed E-state index contributed by atoms with van der Waals surface area (Å²) in [6.07, 6.45) is -0.0834. The molecule has 1 atom stereocenters. The normalized spacial score (nSPS) is 20.9. The molecule has 0 aliphatic carbocycles. The number of rotatable bonds is 6. The smallest absolute Gasteiger partial charge is 0.471 e. The Morgan fingerprint density at radius 2 is 1.38 bits per heavy atom. The molecule has 2 saturated heterocycles. The first-order chi connectivity index (χ1) is 12.2. The topological polar surface area (TPSA) is 64.1 Å². The van der Waals surface area contributed by atoms with Crippen molar-refractivity contribution in [2.24, 2.45) is 0 Å². The number of aliphatic carboxylic acids is 1. The van der Waals surface area contributed by atoms with Crippen LogP contribution in [0, 0.1) is 0 Å². The number of carboxylic acids is 1. The van der Waals surface area contributed by atoms with Crippen molar-refractivity contribution in [2.45, 2.75) is 50.2 Å². The third-order valence-corrected chi connectivity index (χ3v) is 6.89. The average molecular weight is 414 g/mol. The first kappa shape index (κ1) is 21.5. The SMILES string of the molecule is O=C(O)CN(C(=O)C(F)(F)F)C([PH+]=S)(N1CCCCC1)N1CCCCC1. The van der Waals surface area contributed by atoms with Crippen LogP contribution in [0.1, 0.15) is 38.5 Å². The second-order valence-electron chi connectivity index (χ2n) is 6.62. The minimum atomic E-state index is -5.15. The lowest BCUT2D eigenvalue weighted by Gasteiger charge is -2.49. The van der Waals surface area contributed by atoms with Gasteiger partial charge in [-0.1, -0.05) is 12.8 Å². The van der Waals surface area contributed by atoms with Crippen LogP contribution in [0.4, 0.5) is 13.2 Å². The Hall–Kier alpha value is -0.830. The molecule has 148 valence electrons. The Bertz CT molecular complexity index is 520. The summed E-state index contributed by atoms with van der Waals surface area (Å²) in [5, 5.41) is 9.22. The summed E-state index contributed by atoms with van der Waals surface area (Å²) in [6, 6.07) is 0. The lowest BCUT2D eigenvalue weighted by Crippen LogP contribution is -2.71. The highest BCUT2D eigenvalue weighted by Crippen LogP contribution is 2.41. The largest absolute Gasteiger partial charge is 0.480 e. The summed E-state index contributed by atoms with van der Waals surface area (Å²) in [5.41, 5.74) is -1.50. The van der Waals surface area contributed by atoms with E-state index in [1.165, 1.54) is 0 Å². The molecule has 2 aliphatic rings. The number of halogens is 3. The minimum Gasteiger partial charge on any atom is -0.480 e. The first-order valence-corrected chi connectivity index (χ1v) is 10.9. The lowest BCUT2D eigenvalue weighted by atomic mass is 10.1. The molecule has 11 heteroatoms. The highest BCUT2D eigenvalue weighted by atomic mass is 32.4. The summed E-state index contributed by atoms with van der Waals surface area (Å²) < 4.78 is 39.9. The number of alkyl halides is 3. The fraction of sp³-hybridized carbons (Fsp3) is 0.867. The molecule has 0 bridgehead atoms. The Balaban J connectivity index is 2.53. The van der Waals surface area contributed by atoms with Gasteiger partial charge in [0.1, 0.15) is 6.54 Å². The van der Waals surface area contributed by atoms with Crippen molar-refractivity contribution in [1.29, 1.82) is 0 Å². The van der Waals surface area contributed by atoms with Crippen LogP contribution in [0.15, 0.2) is 0 Å². The van der Waals surface area contributed by atoms with Crippen molar-refractivity contribution in [3.8, 4) is 0 Å². The molecule has 2 heterocycles. The van der Waals surface area contributed by atoms with E-state index in [0.29, 0.717) is 31.1 Å². The molecular weight excluding hydrogens is 390 g/mol. The van der Waals surface area contributed by atoms with E-state index in [0.717, 1.165) is 38.5 Å². The van der Waals surface area contributed by atoms with Crippen LogP contribution < -0.4 is 0 Å². The molecule has 0 radical (unpaired) electrons. The van der Waals surface area contributed by atoms with E-state index in [-0.39, 0.29) is 0 Å². The Labute approximate surface area is 157 Å². The van der Waals surface area contributed by atoms with Gasteiger partial charge in [-0.05, 0) is 25.7 Å². The van der Waals surface area contributed by atoms with Crippen molar-refractivity contribution in [3.05, 3.63) is 0 Å². The molecule has 2 aliphatic heterocycles. The van der Waals surface area contributed by atoms with Crippen LogP contribution in [-0.4, -0.2) is 76.1 Å². The second kappa shape index (κ2) is 8.91. The van der Waals surface area contributed by atoms with Crippen molar-refractivity contribution in [2.75, 3.05) is 32.7 Å². The van der Waals surface area contributed by atoms with E-state index >= 15 is 0 Å². The van der Waals surface area contributed by atoms with Crippen LogP contribution in [0.25, 0.3) is 0 Å². The van der Waals surface area contributed by atoms with Crippen LogP contribution in [-0.2, 0) is 21.4 Å². The number of hydrogen-bond acceptors (Lipinski definition) is 5. The van der Waals surface area contributed by atoms with Gasteiger partial charge in [-0.15, -0.1) is 0 Å². The van der Waals surface area contributed by atoms with Gasteiger partial charge in [-0.3, -0.25) is 14.5 Å². The van der Waals surface area contributed by atoms with E-state index in [2.05, 4.69) is 0 Å². The summed E-state index contributed by atoms with van der Waals surface area (Å²) >= 11 is 5.31. The lowest BCUT2D eigenvalue weighted by molar-refractivity contribution is -0.207. The van der Waals surface area contributed by atoms with Gasteiger partial charge >= 0.3 is 23.6 Å². The number of nitrogens with zero attached hydrogens (tertiary/aromatic N) is 3. The third kappa shape index (κ3) is 4.52. The summed E-state index contributed by atoms with van der Waals surface area (Å²) in [7, 11) is -0.490. The summed E-state index contributed by atoms with van der Waals surface area (Å²) in [5.74, 6) is -3.61. The maximum Gasteiger partial charge on any atom is 0.471 e. The Morgan fingerprint density at radius 1 is 0.962 bits per heavy atom. The average Bonchev–Trinajstić information content (AvgIpc) is 2.62. The van der Waals surface area contributed by atoms with E-state index in [9.17, 15) is 27.9 Å². The number of amides is 1. The fourth-order valence-electron chi connectivity index (χ4n) is 3.75. The van der Waals surface area contributed by atoms with Crippen molar-refractivity contribution in [1.82, 2.24) is 14.7 Å². The van der Waals surface area contributed by atoms with Gasteiger partial charge in [-0.2, -0.15) is 13.2 Å². The van der Waals surface area contributed by atoms with Gasteiger partial charge in [0.25, 0.3) is 0 Å². The molecule has 2 fully saturated rings. The van der Waals surface area contributed by atoms with Gasteiger partial charge < -0.3 is 5.11 Å². The number of piperidine rings is 2. The number of carbonyl (C=O) groups excluding carboxylic acids is 1. The molecule has 1 unspecified atom stereocenters. The number of likely N-dealkylation sites (tertiary alicyclic amines) is 2. The first-order valence-electron chi connectivity index (χ1n) is 8.73. The zero-order chi connectivity index (χ0) is 19.4. The minimum absolute atomic E-state index is 0.470. The van der Waals surface area contributed by atoms with Gasteiger partial charge in [0.2, 0.25) is 7.36 Å². The molecule has 0 aromatic heterocycles. The fourth-order valence-corrected chi connectivity index (χ4v) is 5.85. The number of hydrogen-bond donors (Lipinski definition) is 1. The summed E-state index contributed by atoms with van der Waals surface area (Å²) in [4.78, 5) is 27.7. The van der Waals surface area contributed by atoms with E-state index in [1.54, 1.807) is 9.80 Å². The third-order valence-electron chi connectivity index (χ3n) is 4.89. The highest BCUT2D eigenvalue weighted by Gasteiger charge is 2.60. The predicted molar refractivity (Wildman–Crippen MR) is 94.7 cm³/mol. The van der Waals surface area contributed by atoms with Crippen molar-refractivity contribution >= 4 is 31.0 Å². The van der Waals surface area contributed by atoms with Gasteiger partial charge in [-0.25, -0.2) is 9.80 Å². The monoisotopic (exact) mass is 414 g/mol. The summed E-state index contributed by atoms with van der Waals surface area (Å²) in [6.45, 7) is 0.987. The molecule has 1 N–H and O–H groups in total. The van der Waals surface area contributed by atoms with Crippen LogP contribution >= 0.6 is 7.36 Å². The molecule has 2 rings (SSSR count). The maximum absolute atomic E-state index is 13.3. The molecule has 0 aromatic carbocycles. The van der Waals surface area contributed by atoms with Crippen molar-refractivity contribution < 1.29 is 27.9 Å². The highest BCUT2D eigenvalue weighted by molar-refractivity contribution is 7.97. The predicted octanol–water partition coefficient (Wildman–Crippen LogP) is 2.19. The molecule has 26 heavy (non-hydrogen) atoms. The molecule has 0 spiro atoms. The zero-order valence-electron chi connectivity index (χ0n) is 14.4. The molecule has 0 aromatic rings. The van der Waals surface area contributed by atoms with Crippen LogP contribution in [0.5, 0.6) is 0 Å². The number of carboxylic acid groups (broad SMARTS) is 1. The number of carbonyl (C=O) groups is 2. The van der Waals surface area contributed by atoms with Crippen LogP contribution in [0.2, 0.25) is 0 Å². The van der Waals surface area contributed by atoms with Crippen molar-refractivity contribution in [3.63, 3.8) is 0 Å². The van der Waals surface area contributed by atoms with Gasteiger partial charge in [0.05, 0.1) is 0 Å². The Kier molecular flexibility index (Phi) is 7.35. The van der Waals surface area contributed by atoms with E-state index in [1.807, 2.05) is 0 Å². The molecular formula is C15H24F3N3O3PS+. The molecule has 0 saturated carbocycles. The Morgan fingerprint density at radius 3 is 1.69 bits per heavy atom. The standard InChI is InChI=1S/C15H23F3N3O3PS/c16-14(17,18)13(24)21(11-12(22)23)15(25-26,19-7-3-1-4-8-19)20-9-5-2-6-10-20/h1-11H2,(H,22,23)/p+1. The molecule has 6 nitrogen and oxygen atoms in total. The van der Waals surface area contributed by atoms with Gasteiger partial charge in [0, 0.05) is 26.2 Å². The van der Waals surface area contributed by atoms with Gasteiger partial charge in [0.15, 0.2) is 11.8 Å². The molecule has 1 amide bonds. The van der Waals surface area contributed by atoms with E-state index in [4.69, 9.17) is 11.8 Å². The quantitative estimate of drug-likeness (QED) is 0.673. The second-order valence-corrected chi connectivity index (χ2v) is 8.10. The maximum atomic E-state index is 13.3. The zero-order valence-corrected chi connectivity index (χ0v) is 16.2.